The number of hydrogen-bond donors (Lipinski definition) is 2. The zero-order valence-electron chi connectivity index (χ0n) is 11.7. The Kier molecular flexibility index (Phi) is 4.47. The van der Waals surface area contributed by atoms with Gasteiger partial charge in [0.15, 0.2) is 0 Å². The van der Waals surface area contributed by atoms with Crippen molar-refractivity contribution in [1.82, 2.24) is 4.98 Å². The summed E-state index contributed by atoms with van der Waals surface area (Å²) in [4.78, 5) is 16.1. The predicted molar refractivity (Wildman–Crippen MR) is 77.4 cm³/mol. The van der Waals surface area contributed by atoms with Gasteiger partial charge in [-0.15, -0.1) is 0 Å². The Morgan fingerprint density at radius 1 is 1.24 bits per heavy atom. The Bertz CT molecular complexity index is 674. The zero-order valence-corrected chi connectivity index (χ0v) is 11.7. The maximum absolute atomic E-state index is 13.7. The molecule has 1 amide bonds. The van der Waals surface area contributed by atoms with Gasteiger partial charge in [-0.1, -0.05) is 0 Å². The van der Waals surface area contributed by atoms with Crippen LogP contribution in [-0.4, -0.2) is 17.4 Å². The Morgan fingerprint density at radius 3 is 2.71 bits per heavy atom. The van der Waals surface area contributed by atoms with Gasteiger partial charge in [0.25, 0.3) is 5.91 Å². The molecule has 0 bridgehead atoms. The SMILES string of the molecule is CCNc1cnccc1C(=O)Nc1cc(F)c(C)cc1F. The van der Waals surface area contributed by atoms with E-state index in [0.717, 1.165) is 12.1 Å². The summed E-state index contributed by atoms with van der Waals surface area (Å²) in [5, 5.41) is 5.36. The molecule has 110 valence electrons. The fourth-order valence-electron chi connectivity index (χ4n) is 1.86. The first-order valence-corrected chi connectivity index (χ1v) is 6.47. The van der Waals surface area contributed by atoms with Crippen molar-refractivity contribution >= 4 is 17.3 Å². The number of nitrogens with zero attached hydrogens (tertiary/aromatic N) is 1. The molecule has 0 spiro atoms. The van der Waals surface area contributed by atoms with Crippen molar-refractivity contribution in [3.63, 3.8) is 0 Å². The van der Waals surface area contributed by atoms with E-state index in [4.69, 9.17) is 0 Å². The molecule has 2 rings (SSSR count). The molecule has 2 N–H and O–H groups in total. The molecule has 21 heavy (non-hydrogen) atoms. The lowest BCUT2D eigenvalue weighted by Gasteiger charge is -2.11. The minimum absolute atomic E-state index is 0.183. The molecule has 0 saturated heterocycles. The molecule has 1 aromatic heterocycles. The number of carbonyl (C=O) groups excluding carboxylic acids is 1. The molecule has 4 nitrogen and oxygen atoms in total. The van der Waals surface area contributed by atoms with Crippen molar-refractivity contribution in [1.29, 1.82) is 0 Å². The van der Waals surface area contributed by atoms with E-state index in [-0.39, 0.29) is 11.3 Å². The third-order valence-corrected chi connectivity index (χ3v) is 2.93. The minimum Gasteiger partial charge on any atom is -0.383 e. The number of nitrogens with one attached hydrogen (secondary N) is 2. The summed E-state index contributed by atoms with van der Waals surface area (Å²) < 4.78 is 27.2. The number of rotatable bonds is 4. The van der Waals surface area contributed by atoms with Crippen molar-refractivity contribution in [3.05, 3.63) is 53.4 Å². The van der Waals surface area contributed by atoms with E-state index in [2.05, 4.69) is 15.6 Å². The topological polar surface area (TPSA) is 54.0 Å². The van der Waals surface area contributed by atoms with Crippen LogP contribution < -0.4 is 10.6 Å². The molecular weight excluding hydrogens is 276 g/mol. The molecule has 0 unspecified atom stereocenters. The van der Waals surface area contributed by atoms with E-state index in [0.29, 0.717) is 17.8 Å². The second-order valence-corrected chi connectivity index (χ2v) is 4.49. The zero-order chi connectivity index (χ0) is 15.4. The Hall–Kier alpha value is -2.50. The number of anilines is 2. The summed E-state index contributed by atoms with van der Waals surface area (Å²) in [6.45, 7) is 3.94. The van der Waals surface area contributed by atoms with E-state index in [1.54, 1.807) is 0 Å². The quantitative estimate of drug-likeness (QED) is 0.908. The molecule has 0 saturated carbocycles. The maximum Gasteiger partial charge on any atom is 0.257 e. The van der Waals surface area contributed by atoms with Gasteiger partial charge in [0.1, 0.15) is 11.6 Å². The molecule has 0 fully saturated rings. The summed E-state index contributed by atoms with van der Waals surface area (Å²) in [5.41, 5.74) is 0.836. The van der Waals surface area contributed by atoms with Crippen molar-refractivity contribution in [3.8, 4) is 0 Å². The summed E-state index contributed by atoms with van der Waals surface area (Å²) in [7, 11) is 0. The van der Waals surface area contributed by atoms with Gasteiger partial charge in [0, 0.05) is 18.8 Å². The van der Waals surface area contributed by atoms with Gasteiger partial charge in [0.2, 0.25) is 0 Å². The van der Waals surface area contributed by atoms with E-state index < -0.39 is 17.5 Å². The number of carbonyl (C=O) groups is 1. The number of pyridine rings is 1. The number of hydrogen-bond acceptors (Lipinski definition) is 3. The minimum atomic E-state index is -0.679. The van der Waals surface area contributed by atoms with Crippen LogP contribution in [0.5, 0.6) is 0 Å². The highest BCUT2D eigenvalue weighted by atomic mass is 19.1. The average molecular weight is 291 g/mol. The number of halogens is 2. The van der Waals surface area contributed by atoms with Crippen LogP contribution in [0, 0.1) is 18.6 Å². The summed E-state index contributed by atoms with van der Waals surface area (Å²) in [6, 6.07) is 3.52. The monoisotopic (exact) mass is 291 g/mol. The van der Waals surface area contributed by atoms with Crippen LogP contribution in [0.4, 0.5) is 20.2 Å². The van der Waals surface area contributed by atoms with Gasteiger partial charge in [-0.05, 0) is 31.5 Å². The largest absolute Gasteiger partial charge is 0.383 e. The van der Waals surface area contributed by atoms with Crippen LogP contribution in [0.3, 0.4) is 0 Å². The number of amides is 1. The summed E-state index contributed by atoms with van der Waals surface area (Å²) in [6.07, 6.45) is 2.96. The van der Waals surface area contributed by atoms with E-state index in [1.807, 2.05) is 6.92 Å². The third-order valence-electron chi connectivity index (χ3n) is 2.93. The van der Waals surface area contributed by atoms with Crippen LogP contribution in [0.15, 0.2) is 30.6 Å². The number of aromatic nitrogens is 1. The predicted octanol–water partition coefficient (Wildman–Crippen LogP) is 3.35. The fraction of sp³-hybridized carbons (Fsp3) is 0.200. The lowest BCUT2D eigenvalue weighted by atomic mass is 10.1. The van der Waals surface area contributed by atoms with E-state index >= 15 is 0 Å². The van der Waals surface area contributed by atoms with Crippen LogP contribution in [-0.2, 0) is 0 Å². The first kappa shape index (κ1) is 14.9. The highest BCUT2D eigenvalue weighted by Crippen LogP contribution is 2.21. The molecule has 6 heteroatoms. The maximum atomic E-state index is 13.7. The molecule has 1 aromatic carbocycles. The Labute approximate surface area is 121 Å². The molecule has 1 heterocycles. The van der Waals surface area contributed by atoms with Crippen LogP contribution in [0.25, 0.3) is 0 Å². The van der Waals surface area contributed by atoms with E-state index in [9.17, 15) is 13.6 Å². The summed E-state index contributed by atoms with van der Waals surface area (Å²) >= 11 is 0. The third kappa shape index (κ3) is 3.34. The van der Waals surface area contributed by atoms with Gasteiger partial charge in [-0.3, -0.25) is 9.78 Å². The second kappa shape index (κ2) is 6.30. The van der Waals surface area contributed by atoms with Crippen LogP contribution in [0.1, 0.15) is 22.8 Å². The smallest absolute Gasteiger partial charge is 0.257 e. The normalized spacial score (nSPS) is 10.3. The van der Waals surface area contributed by atoms with Gasteiger partial charge in [-0.2, -0.15) is 0 Å². The molecular formula is C15H15F2N3O. The second-order valence-electron chi connectivity index (χ2n) is 4.49. The van der Waals surface area contributed by atoms with Crippen LogP contribution >= 0.6 is 0 Å². The van der Waals surface area contributed by atoms with Gasteiger partial charge < -0.3 is 10.6 Å². The standard InChI is InChI=1S/C15H15F2N3O/c1-3-19-14-8-18-5-4-10(14)15(21)20-13-7-11(16)9(2)6-12(13)17/h4-8,19H,3H2,1-2H3,(H,20,21). The molecule has 0 radical (unpaired) electrons. The van der Waals surface area contributed by atoms with Gasteiger partial charge in [0.05, 0.1) is 23.1 Å². The van der Waals surface area contributed by atoms with Crippen molar-refractivity contribution in [2.24, 2.45) is 0 Å². The molecule has 0 atom stereocenters. The Morgan fingerprint density at radius 2 is 2.00 bits per heavy atom. The van der Waals surface area contributed by atoms with Gasteiger partial charge >= 0.3 is 0 Å². The highest BCUT2D eigenvalue weighted by molar-refractivity contribution is 6.07. The first-order valence-electron chi connectivity index (χ1n) is 6.47. The lowest BCUT2D eigenvalue weighted by molar-refractivity contribution is 0.102. The van der Waals surface area contributed by atoms with Crippen molar-refractivity contribution < 1.29 is 13.6 Å². The average Bonchev–Trinajstić information content (AvgIpc) is 2.45. The fourth-order valence-corrected chi connectivity index (χ4v) is 1.86. The van der Waals surface area contributed by atoms with Gasteiger partial charge in [-0.25, -0.2) is 8.78 Å². The van der Waals surface area contributed by atoms with Crippen LogP contribution in [0.2, 0.25) is 0 Å². The summed E-state index contributed by atoms with van der Waals surface area (Å²) in [5.74, 6) is -1.79. The molecule has 0 aliphatic carbocycles. The number of benzene rings is 1. The van der Waals surface area contributed by atoms with Crippen molar-refractivity contribution in [2.75, 3.05) is 17.2 Å². The molecule has 0 aliphatic rings. The van der Waals surface area contributed by atoms with E-state index in [1.165, 1.54) is 25.4 Å². The molecule has 2 aromatic rings. The Balaban J connectivity index is 2.28. The van der Waals surface area contributed by atoms with Crippen molar-refractivity contribution in [2.45, 2.75) is 13.8 Å². The lowest BCUT2D eigenvalue weighted by Crippen LogP contribution is -2.16. The molecule has 0 aliphatic heterocycles. The first-order chi connectivity index (χ1) is 10.0. The number of aryl methyl sites for hydroxylation is 1. The highest BCUT2D eigenvalue weighted by Gasteiger charge is 2.14.